The van der Waals surface area contributed by atoms with Crippen molar-refractivity contribution in [1.29, 1.82) is 0 Å². The maximum atomic E-state index is 2.69. The van der Waals surface area contributed by atoms with Crippen LogP contribution >= 0.6 is 0 Å². The number of nitrogens with zero attached hydrogens (tertiary/aromatic N) is 2. The lowest BCUT2D eigenvalue weighted by Gasteiger charge is -2.40. The Balaban J connectivity index is 2.07. The second kappa shape index (κ2) is 3.74. The van der Waals surface area contributed by atoms with Crippen LogP contribution in [0, 0.1) is 5.92 Å². The second-order valence-electron chi connectivity index (χ2n) is 6.66. The van der Waals surface area contributed by atoms with Crippen LogP contribution in [0.5, 0.6) is 0 Å². The molecule has 0 radical (unpaired) electrons. The van der Waals surface area contributed by atoms with Crippen LogP contribution in [0.4, 0.5) is 0 Å². The predicted molar refractivity (Wildman–Crippen MR) is 64.6 cm³/mol. The third kappa shape index (κ3) is 1.94. The lowest BCUT2D eigenvalue weighted by atomic mass is 10.0. The number of quaternary nitrogens is 1. The molecular weight excluding hydrogens is 184 g/mol. The Bertz CT molecular complexity index is 227. The lowest BCUT2D eigenvalue weighted by Crippen LogP contribution is -2.56. The van der Waals surface area contributed by atoms with E-state index in [2.05, 4.69) is 32.6 Å². The Labute approximate surface area is 94.8 Å². The predicted octanol–water partition coefficient (Wildman–Crippen LogP) is 2.30. The van der Waals surface area contributed by atoms with Gasteiger partial charge < -0.3 is 4.48 Å². The highest BCUT2D eigenvalue weighted by atomic mass is 15.5. The van der Waals surface area contributed by atoms with Crippen LogP contribution in [0.25, 0.3) is 0 Å². The van der Waals surface area contributed by atoms with E-state index in [4.69, 9.17) is 0 Å². The summed E-state index contributed by atoms with van der Waals surface area (Å²) in [4.78, 5) is 2.69. The molecule has 15 heavy (non-hydrogen) atoms. The largest absolute Gasteiger partial charge is 0.306 e. The molecule has 0 unspecified atom stereocenters. The van der Waals surface area contributed by atoms with Crippen LogP contribution in [0.2, 0.25) is 0 Å². The van der Waals surface area contributed by atoms with Crippen LogP contribution < -0.4 is 0 Å². The normalized spacial score (nSPS) is 29.4. The molecule has 0 amide bonds. The first kappa shape index (κ1) is 11.4. The molecule has 0 aromatic carbocycles. The fraction of sp³-hybridized carbons (Fsp3) is 1.00. The van der Waals surface area contributed by atoms with E-state index in [1.54, 1.807) is 0 Å². The third-order valence-electron chi connectivity index (χ3n) is 4.41. The maximum Gasteiger partial charge on any atom is 0.135 e. The quantitative estimate of drug-likeness (QED) is 0.634. The molecule has 2 aliphatic heterocycles. The molecule has 2 nitrogen and oxygen atoms in total. The summed E-state index contributed by atoms with van der Waals surface area (Å²) in [5, 5.41) is 0. The van der Waals surface area contributed by atoms with Crippen molar-refractivity contribution in [3.63, 3.8) is 0 Å². The summed E-state index contributed by atoms with van der Waals surface area (Å²) in [6.45, 7) is 16.3. The minimum atomic E-state index is 0.491. The molecule has 2 heteroatoms. The molecule has 2 rings (SSSR count). The van der Waals surface area contributed by atoms with Gasteiger partial charge in [0.15, 0.2) is 0 Å². The summed E-state index contributed by atoms with van der Waals surface area (Å²) in [6, 6.07) is 0. The van der Waals surface area contributed by atoms with Crippen LogP contribution in [0.1, 0.15) is 40.5 Å². The van der Waals surface area contributed by atoms with Crippen molar-refractivity contribution in [3.05, 3.63) is 0 Å². The highest BCUT2D eigenvalue weighted by molar-refractivity contribution is 4.84. The van der Waals surface area contributed by atoms with Gasteiger partial charge in [-0.3, -0.25) is 4.90 Å². The van der Waals surface area contributed by atoms with Gasteiger partial charge in [0, 0.05) is 19.4 Å². The molecule has 0 aromatic rings. The van der Waals surface area contributed by atoms with Crippen molar-refractivity contribution >= 4 is 0 Å². The van der Waals surface area contributed by atoms with Crippen molar-refractivity contribution in [2.45, 2.75) is 46.1 Å². The van der Waals surface area contributed by atoms with Crippen molar-refractivity contribution < 1.29 is 4.48 Å². The Morgan fingerprint density at radius 2 is 1.80 bits per heavy atom. The summed E-state index contributed by atoms with van der Waals surface area (Å²) in [7, 11) is 0. The summed E-state index contributed by atoms with van der Waals surface area (Å²) in [5.74, 6) is 0.807. The molecule has 88 valence electrons. The smallest absolute Gasteiger partial charge is 0.135 e. The zero-order valence-electron chi connectivity index (χ0n) is 10.9. The fourth-order valence-corrected chi connectivity index (χ4v) is 3.65. The van der Waals surface area contributed by atoms with Gasteiger partial charge in [-0.1, -0.05) is 13.8 Å². The van der Waals surface area contributed by atoms with Gasteiger partial charge in [-0.25, -0.2) is 0 Å². The van der Waals surface area contributed by atoms with Crippen LogP contribution in [0.15, 0.2) is 0 Å². The zero-order valence-corrected chi connectivity index (χ0v) is 10.9. The van der Waals surface area contributed by atoms with Crippen LogP contribution in [0.3, 0.4) is 0 Å². The van der Waals surface area contributed by atoms with Crippen molar-refractivity contribution in [1.82, 2.24) is 4.90 Å². The van der Waals surface area contributed by atoms with E-state index >= 15 is 0 Å². The molecular formula is C13H27N2+. The molecule has 0 aliphatic carbocycles. The number of rotatable bonds is 2. The van der Waals surface area contributed by atoms with Gasteiger partial charge in [-0.2, -0.15) is 0 Å². The lowest BCUT2D eigenvalue weighted by molar-refractivity contribution is -0.952. The molecule has 2 heterocycles. The summed E-state index contributed by atoms with van der Waals surface area (Å²) < 4.78 is 1.37. The summed E-state index contributed by atoms with van der Waals surface area (Å²) in [6.07, 6.45) is 2.89. The first-order valence-electron chi connectivity index (χ1n) is 6.54. The average molecular weight is 211 g/mol. The van der Waals surface area contributed by atoms with Crippen LogP contribution in [-0.2, 0) is 0 Å². The monoisotopic (exact) mass is 211 g/mol. The summed E-state index contributed by atoms with van der Waals surface area (Å²) >= 11 is 0. The minimum absolute atomic E-state index is 0.491. The Morgan fingerprint density at radius 3 is 2.33 bits per heavy atom. The van der Waals surface area contributed by atoms with Crippen molar-refractivity contribution in [2.75, 3.05) is 32.8 Å². The molecule has 2 saturated heterocycles. The highest BCUT2D eigenvalue weighted by Gasteiger charge is 2.52. The summed E-state index contributed by atoms with van der Waals surface area (Å²) in [5.41, 5.74) is 0.491. The molecule has 0 aromatic heterocycles. The Hall–Kier alpha value is -0.0800. The molecule has 2 aliphatic rings. The third-order valence-corrected chi connectivity index (χ3v) is 4.41. The van der Waals surface area contributed by atoms with E-state index < -0.39 is 0 Å². The van der Waals surface area contributed by atoms with E-state index in [0.717, 1.165) is 5.92 Å². The zero-order chi connectivity index (χ0) is 11.1. The second-order valence-corrected chi connectivity index (χ2v) is 6.66. The molecule has 0 bridgehead atoms. The topological polar surface area (TPSA) is 3.24 Å². The average Bonchev–Trinajstić information content (AvgIpc) is 2.59. The van der Waals surface area contributed by atoms with Gasteiger partial charge in [0.25, 0.3) is 0 Å². The van der Waals surface area contributed by atoms with E-state index in [0.29, 0.717) is 5.54 Å². The molecule has 1 spiro atoms. The Kier molecular flexibility index (Phi) is 2.85. The first-order chi connectivity index (χ1) is 6.95. The van der Waals surface area contributed by atoms with Gasteiger partial charge in [-0.05, 0) is 19.8 Å². The van der Waals surface area contributed by atoms with Gasteiger partial charge in [0.1, 0.15) is 12.2 Å². The van der Waals surface area contributed by atoms with Crippen molar-refractivity contribution in [3.8, 4) is 0 Å². The minimum Gasteiger partial charge on any atom is -0.306 e. The van der Waals surface area contributed by atoms with Gasteiger partial charge in [-0.15, -0.1) is 0 Å². The molecule has 2 fully saturated rings. The first-order valence-corrected chi connectivity index (χ1v) is 6.54. The van der Waals surface area contributed by atoms with E-state index in [1.165, 1.54) is 50.2 Å². The van der Waals surface area contributed by atoms with E-state index in [1.807, 2.05) is 0 Å². The number of hydrogen-bond acceptors (Lipinski definition) is 1. The molecule has 0 saturated carbocycles. The van der Waals surface area contributed by atoms with Gasteiger partial charge in [0.2, 0.25) is 0 Å². The maximum absolute atomic E-state index is 2.69. The van der Waals surface area contributed by atoms with E-state index in [9.17, 15) is 0 Å². The number of hydrogen-bond donors (Lipinski definition) is 0. The van der Waals surface area contributed by atoms with E-state index in [-0.39, 0.29) is 0 Å². The molecule has 0 atom stereocenters. The molecule has 0 N–H and O–H groups in total. The standard InChI is InChI=1S/C13H27N2/c1-12(2)9-14-10-13(3,4)15(11-14)7-5-6-8-15/h12H,5-11H2,1-4H3/q+1. The van der Waals surface area contributed by atoms with Gasteiger partial charge >= 0.3 is 0 Å². The Morgan fingerprint density at radius 1 is 1.20 bits per heavy atom. The highest BCUT2D eigenvalue weighted by Crippen LogP contribution is 2.37. The van der Waals surface area contributed by atoms with Crippen LogP contribution in [-0.4, -0.2) is 47.8 Å². The van der Waals surface area contributed by atoms with Crippen molar-refractivity contribution in [2.24, 2.45) is 5.92 Å². The van der Waals surface area contributed by atoms with Gasteiger partial charge in [0.05, 0.1) is 19.6 Å². The fourth-order valence-electron chi connectivity index (χ4n) is 3.65. The SMILES string of the molecule is CC(C)CN1CC(C)(C)[N+]2(CCCC2)C1.